The monoisotopic (exact) mass is 342 g/mol. The van der Waals surface area contributed by atoms with E-state index in [9.17, 15) is 4.79 Å². The first-order valence-electron chi connectivity index (χ1n) is 8.40. The Hall–Kier alpha value is -3.47. The molecule has 4 aromatic rings. The van der Waals surface area contributed by atoms with Crippen molar-refractivity contribution in [2.24, 2.45) is 0 Å². The van der Waals surface area contributed by atoms with Crippen molar-refractivity contribution in [1.29, 1.82) is 0 Å². The molecule has 0 spiro atoms. The van der Waals surface area contributed by atoms with Gasteiger partial charge in [-0.25, -0.2) is 9.50 Å². The van der Waals surface area contributed by atoms with Crippen molar-refractivity contribution in [2.75, 3.05) is 5.32 Å². The fourth-order valence-electron chi connectivity index (χ4n) is 2.86. The Morgan fingerprint density at radius 3 is 2.46 bits per heavy atom. The van der Waals surface area contributed by atoms with Gasteiger partial charge in [-0.05, 0) is 26.0 Å². The second-order valence-electron chi connectivity index (χ2n) is 6.24. The highest BCUT2D eigenvalue weighted by atomic mass is 16.1. The number of rotatable bonds is 3. The molecule has 5 nitrogen and oxygen atoms in total. The molecule has 2 aromatic carbocycles. The highest BCUT2D eigenvalue weighted by Crippen LogP contribution is 2.21. The maximum Gasteiger partial charge on any atom is 0.259 e. The minimum absolute atomic E-state index is 0.197. The van der Waals surface area contributed by atoms with Gasteiger partial charge in [-0.1, -0.05) is 48.0 Å². The van der Waals surface area contributed by atoms with Crippen LogP contribution >= 0.6 is 0 Å². The Balaban J connectivity index is 1.69. The van der Waals surface area contributed by atoms with E-state index in [2.05, 4.69) is 15.4 Å². The van der Waals surface area contributed by atoms with Gasteiger partial charge in [0.25, 0.3) is 5.91 Å². The zero-order valence-corrected chi connectivity index (χ0v) is 14.6. The Morgan fingerprint density at radius 1 is 1.00 bits per heavy atom. The molecule has 2 heterocycles. The molecule has 0 unspecified atom stereocenters. The summed E-state index contributed by atoms with van der Waals surface area (Å²) in [7, 11) is 0. The standard InChI is InChI=1S/C21H18N4O/c1-14-8-10-17(11-9-14)23-21(26)18-13-22-20-12-19(24-25(20)15(18)2)16-6-4-3-5-7-16/h3-13H,1-2H3,(H,23,26). The van der Waals surface area contributed by atoms with Crippen LogP contribution in [-0.2, 0) is 0 Å². The van der Waals surface area contributed by atoms with Crippen LogP contribution in [0.4, 0.5) is 5.69 Å². The summed E-state index contributed by atoms with van der Waals surface area (Å²) in [5, 5.41) is 7.53. The van der Waals surface area contributed by atoms with Crippen LogP contribution in [0.3, 0.4) is 0 Å². The third-order valence-electron chi connectivity index (χ3n) is 4.35. The average molecular weight is 342 g/mol. The fourth-order valence-corrected chi connectivity index (χ4v) is 2.86. The van der Waals surface area contributed by atoms with E-state index in [0.717, 1.165) is 28.2 Å². The fraction of sp³-hybridized carbons (Fsp3) is 0.0952. The Morgan fingerprint density at radius 2 is 1.73 bits per heavy atom. The van der Waals surface area contributed by atoms with Crippen LogP contribution in [0, 0.1) is 13.8 Å². The third kappa shape index (κ3) is 2.95. The van der Waals surface area contributed by atoms with Gasteiger partial charge in [0.05, 0.1) is 17.0 Å². The van der Waals surface area contributed by atoms with Gasteiger partial charge in [0.1, 0.15) is 0 Å². The highest BCUT2D eigenvalue weighted by molar-refractivity contribution is 6.05. The number of carbonyl (C=O) groups excluding carboxylic acids is 1. The number of aryl methyl sites for hydroxylation is 2. The van der Waals surface area contributed by atoms with Crippen molar-refractivity contribution < 1.29 is 4.79 Å². The number of carbonyl (C=O) groups is 1. The van der Waals surface area contributed by atoms with Crippen molar-refractivity contribution in [3.63, 3.8) is 0 Å². The molecule has 0 fully saturated rings. The van der Waals surface area contributed by atoms with Gasteiger partial charge in [-0.15, -0.1) is 0 Å². The number of nitrogens with zero attached hydrogens (tertiary/aromatic N) is 3. The lowest BCUT2D eigenvalue weighted by Crippen LogP contribution is -2.16. The van der Waals surface area contributed by atoms with Crippen molar-refractivity contribution in [3.8, 4) is 11.3 Å². The smallest absolute Gasteiger partial charge is 0.259 e. The zero-order valence-electron chi connectivity index (χ0n) is 14.6. The summed E-state index contributed by atoms with van der Waals surface area (Å²) in [6, 6.07) is 19.5. The number of fused-ring (bicyclic) bond motifs is 1. The summed E-state index contributed by atoms with van der Waals surface area (Å²) in [4.78, 5) is 17.1. The molecule has 1 amide bonds. The van der Waals surface area contributed by atoms with Crippen molar-refractivity contribution in [3.05, 3.63) is 83.7 Å². The number of hydrogen-bond acceptors (Lipinski definition) is 3. The molecule has 0 saturated carbocycles. The van der Waals surface area contributed by atoms with Gasteiger partial charge in [-0.3, -0.25) is 4.79 Å². The molecule has 0 aliphatic rings. The van der Waals surface area contributed by atoms with Crippen molar-refractivity contribution in [1.82, 2.24) is 14.6 Å². The Labute approximate surface area is 151 Å². The number of benzene rings is 2. The SMILES string of the molecule is Cc1ccc(NC(=O)c2cnc3cc(-c4ccccc4)nn3c2C)cc1. The predicted octanol–water partition coefficient (Wildman–Crippen LogP) is 4.27. The van der Waals surface area contributed by atoms with Crippen LogP contribution in [0.5, 0.6) is 0 Å². The van der Waals surface area contributed by atoms with E-state index in [4.69, 9.17) is 0 Å². The molecule has 1 N–H and O–H groups in total. The third-order valence-corrected chi connectivity index (χ3v) is 4.35. The maximum atomic E-state index is 12.6. The number of aromatic nitrogens is 3. The summed E-state index contributed by atoms with van der Waals surface area (Å²) in [5.41, 5.74) is 5.72. The minimum Gasteiger partial charge on any atom is -0.322 e. The second-order valence-corrected chi connectivity index (χ2v) is 6.24. The summed E-state index contributed by atoms with van der Waals surface area (Å²) >= 11 is 0. The molecule has 128 valence electrons. The summed E-state index contributed by atoms with van der Waals surface area (Å²) in [6.07, 6.45) is 1.60. The normalized spacial score (nSPS) is 10.8. The molecule has 0 radical (unpaired) electrons. The summed E-state index contributed by atoms with van der Waals surface area (Å²) in [5.74, 6) is -0.197. The molecule has 0 aliphatic heterocycles. The van der Waals surface area contributed by atoms with Gasteiger partial charge < -0.3 is 5.32 Å². The molecule has 2 aromatic heterocycles. The second kappa shape index (κ2) is 6.44. The van der Waals surface area contributed by atoms with E-state index in [0.29, 0.717) is 11.2 Å². The molecule has 0 saturated heterocycles. The quantitative estimate of drug-likeness (QED) is 0.605. The van der Waals surface area contributed by atoms with Crippen LogP contribution in [0.2, 0.25) is 0 Å². The predicted molar refractivity (Wildman–Crippen MR) is 102 cm³/mol. The Kier molecular flexibility index (Phi) is 3.97. The molecule has 0 aliphatic carbocycles. The molecule has 4 rings (SSSR count). The van der Waals surface area contributed by atoms with E-state index < -0.39 is 0 Å². The maximum absolute atomic E-state index is 12.6. The van der Waals surface area contributed by atoms with E-state index in [1.807, 2.05) is 74.5 Å². The summed E-state index contributed by atoms with van der Waals surface area (Å²) in [6.45, 7) is 3.89. The summed E-state index contributed by atoms with van der Waals surface area (Å²) < 4.78 is 1.71. The lowest BCUT2D eigenvalue weighted by Gasteiger charge is -2.08. The van der Waals surface area contributed by atoms with E-state index in [1.165, 1.54) is 0 Å². The molecule has 26 heavy (non-hydrogen) atoms. The van der Waals surface area contributed by atoms with Gasteiger partial charge in [0.2, 0.25) is 0 Å². The number of hydrogen-bond donors (Lipinski definition) is 1. The minimum atomic E-state index is -0.197. The van der Waals surface area contributed by atoms with Gasteiger partial charge in [0.15, 0.2) is 5.65 Å². The van der Waals surface area contributed by atoms with Gasteiger partial charge in [-0.2, -0.15) is 5.10 Å². The van der Waals surface area contributed by atoms with E-state index >= 15 is 0 Å². The van der Waals surface area contributed by atoms with Crippen LogP contribution in [-0.4, -0.2) is 20.5 Å². The number of amides is 1. The van der Waals surface area contributed by atoms with Crippen LogP contribution in [0.25, 0.3) is 16.9 Å². The average Bonchev–Trinajstić information content (AvgIpc) is 3.10. The number of nitrogens with one attached hydrogen (secondary N) is 1. The van der Waals surface area contributed by atoms with Crippen LogP contribution in [0.1, 0.15) is 21.6 Å². The molecule has 5 heteroatoms. The van der Waals surface area contributed by atoms with Crippen LogP contribution < -0.4 is 5.32 Å². The first-order chi connectivity index (χ1) is 12.6. The molecular formula is C21H18N4O. The topological polar surface area (TPSA) is 59.3 Å². The largest absolute Gasteiger partial charge is 0.322 e. The van der Waals surface area contributed by atoms with Crippen molar-refractivity contribution >= 4 is 17.2 Å². The highest BCUT2D eigenvalue weighted by Gasteiger charge is 2.15. The zero-order chi connectivity index (χ0) is 18.1. The Bertz CT molecular complexity index is 1080. The van der Waals surface area contributed by atoms with E-state index in [-0.39, 0.29) is 5.91 Å². The molecule has 0 atom stereocenters. The molecule has 0 bridgehead atoms. The van der Waals surface area contributed by atoms with Gasteiger partial charge >= 0.3 is 0 Å². The lowest BCUT2D eigenvalue weighted by atomic mass is 10.2. The van der Waals surface area contributed by atoms with Crippen molar-refractivity contribution in [2.45, 2.75) is 13.8 Å². The van der Waals surface area contributed by atoms with E-state index in [1.54, 1.807) is 10.7 Å². The lowest BCUT2D eigenvalue weighted by molar-refractivity contribution is 0.102. The van der Waals surface area contributed by atoms with Gasteiger partial charge in [0, 0.05) is 23.5 Å². The number of anilines is 1. The first kappa shape index (κ1) is 16.0. The van der Waals surface area contributed by atoms with Crippen LogP contribution in [0.15, 0.2) is 66.9 Å². The molecular weight excluding hydrogens is 324 g/mol. The first-order valence-corrected chi connectivity index (χ1v) is 8.40.